The summed E-state index contributed by atoms with van der Waals surface area (Å²) < 4.78 is 5.25. The van der Waals surface area contributed by atoms with Gasteiger partial charge in [-0.25, -0.2) is 0 Å². The van der Waals surface area contributed by atoms with Crippen molar-refractivity contribution in [2.75, 3.05) is 13.1 Å². The molecule has 1 aromatic carbocycles. The van der Waals surface area contributed by atoms with Crippen LogP contribution in [0.1, 0.15) is 23.9 Å². The summed E-state index contributed by atoms with van der Waals surface area (Å²) in [6.07, 6.45) is 4.33. The molecule has 0 spiro atoms. The van der Waals surface area contributed by atoms with Gasteiger partial charge in [0.15, 0.2) is 5.76 Å². The lowest BCUT2D eigenvalue weighted by Crippen LogP contribution is -2.22. The first-order valence-corrected chi connectivity index (χ1v) is 6.64. The van der Waals surface area contributed by atoms with Gasteiger partial charge in [0, 0.05) is 12.6 Å². The molecule has 0 amide bonds. The lowest BCUT2D eigenvalue weighted by molar-refractivity contribution is 0.261. The summed E-state index contributed by atoms with van der Waals surface area (Å²) in [5.74, 6) is 0.924. The van der Waals surface area contributed by atoms with E-state index in [1.54, 1.807) is 0 Å². The number of rotatable bonds is 6. The maximum Gasteiger partial charge on any atom is 0.150 e. The third kappa shape index (κ3) is 4.38. The van der Waals surface area contributed by atoms with Crippen molar-refractivity contribution in [1.82, 2.24) is 10.1 Å². The van der Waals surface area contributed by atoms with E-state index in [0.29, 0.717) is 0 Å². The first kappa shape index (κ1) is 13.6. The fourth-order valence-electron chi connectivity index (χ4n) is 1.92. The molecule has 2 aromatic rings. The standard InChI is InChI=1S/C16H20N2O/c1-3-18(13-16-12-14(2)17-19-16)11-7-10-15-8-5-4-6-9-15/h4-10,12H,3,11,13H2,1-2H3/b10-7+. The summed E-state index contributed by atoms with van der Waals surface area (Å²) in [6.45, 7) is 6.79. The number of benzene rings is 1. The number of aromatic nitrogens is 1. The SMILES string of the molecule is CCN(C/C=C/c1ccccc1)Cc1cc(C)no1. The van der Waals surface area contributed by atoms with E-state index in [1.165, 1.54) is 5.56 Å². The number of likely N-dealkylation sites (N-methyl/N-ethyl adjacent to an activating group) is 1. The minimum atomic E-state index is 0.802. The molecule has 0 aliphatic carbocycles. The quantitative estimate of drug-likeness (QED) is 0.792. The Morgan fingerprint density at radius 1 is 1.26 bits per heavy atom. The largest absolute Gasteiger partial charge is 0.360 e. The fraction of sp³-hybridized carbons (Fsp3) is 0.312. The Hall–Kier alpha value is -1.87. The van der Waals surface area contributed by atoms with Crippen molar-refractivity contribution in [3.8, 4) is 0 Å². The second-order valence-corrected chi connectivity index (χ2v) is 4.58. The molecule has 0 N–H and O–H groups in total. The molecule has 0 atom stereocenters. The molecule has 0 bridgehead atoms. The molecule has 0 radical (unpaired) electrons. The Bertz CT molecular complexity index is 517. The number of nitrogens with zero attached hydrogens (tertiary/aromatic N) is 2. The van der Waals surface area contributed by atoms with E-state index in [4.69, 9.17) is 4.52 Å². The number of hydrogen-bond acceptors (Lipinski definition) is 3. The minimum absolute atomic E-state index is 0.802. The zero-order valence-electron chi connectivity index (χ0n) is 11.5. The summed E-state index contributed by atoms with van der Waals surface area (Å²) in [7, 11) is 0. The van der Waals surface area contributed by atoms with Crippen molar-refractivity contribution in [2.45, 2.75) is 20.4 Å². The van der Waals surface area contributed by atoms with Gasteiger partial charge in [-0.2, -0.15) is 0 Å². The Labute approximate surface area is 114 Å². The molecule has 3 heteroatoms. The Morgan fingerprint density at radius 3 is 2.68 bits per heavy atom. The van der Waals surface area contributed by atoms with Crippen LogP contribution in [0.5, 0.6) is 0 Å². The highest BCUT2D eigenvalue weighted by atomic mass is 16.5. The van der Waals surface area contributed by atoms with Crippen molar-refractivity contribution >= 4 is 6.08 Å². The molecule has 19 heavy (non-hydrogen) atoms. The van der Waals surface area contributed by atoms with Gasteiger partial charge in [-0.05, 0) is 19.0 Å². The smallest absolute Gasteiger partial charge is 0.150 e. The van der Waals surface area contributed by atoms with Crippen molar-refractivity contribution in [1.29, 1.82) is 0 Å². The van der Waals surface area contributed by atoms with Gasteiger partial charge in [-0.3, -0.25) is 4.90 Å². The average Bonchev–Trinajstić information content (AvgIpc) is 2.84. The zero-order valence-corrected chi connectivity index (χ0v) is 11.5. The summed E-state index contributed by atoms with van der Waals surface area (Å²) >= 11 is 0. The number of hydrogen-bond donors (Lipinski definition) is 0. The Kier molecular flexibility index (Phi) is 4.93. The summed E-state index contributed by atoms with van der Waals surface area (Å²) in [5.41, 5.74) is 2.17. The van der Waals surface area contributed by atoms with Gasteiger partial charge in [-0.15, -0.1) is 0 Å². The zero-order chi connectivity index (χ0) is 13.5. The molecule has 1 heterocycles. The molecule has 3 nitrogen and oxygen atoms in total. The van der Waals surface area contributed by atoms with Gasteiger partial charge in [0.2, 0.25) is 0 Å². The van der Waals surface area contributed by atoms with Crippen LogP contribution in [0.4, 0.5) is 0 Å². The molecule has 0 saturated heterocycles. The topological polar surface area (TPSA) is 29.3 Å². The van der Waals surface area contributed by atoms with Crippen molar-refractivity contribution in [3.63, 3.8) is 0 Å². The van der Waals surface area contributed by atoms with Crippen LogP contribution >= 0.6 is 0 Å². The summed E-state index contributed by atoms with van der Waals surface area (Å²) in [5, 5.41) is 3.91. The molecule has 0 aliphatic rings. The number of aryl methyl sites for hydroxylation is 1. The Balaban J connectivity index is 1.87. The molecule has 0 unspecified atom stereocenters. The van der Waals surface area contributed by atoms with Gasteiger partial charge >= 0.3 is 0 Å². The fourth-order valence-corrected chi connectivity index (χ4v) is 1.92. The van der Waals surface area contributed by atoms with Gasteiger partial charge in [0.05, 0.1) is 12.2 Å². The molecule has 1 aromatic heterocycles. The van der Waals surface area contributed by atoms with Gasteiger partial charge in [0.1, 0.15) is 0 Å². The minimum Gasteiger partial charge on any atom is -0.360 e. The van der Waals surface area contributed by atoms with Gasteiger partial charge in [0.25, 0.3) is 0 Å². The second-order valence-electron chi connectivity index (χ2n) is 4.58. The van der Waals surface area contributed by atoms with Crippen LogP contribution in [-0.4, -0.2) is 23.1 Å². The molecule has 2 rings (SSSR count). The predicted molar refractivity (Wildman–Crippen MR) is 77.7 cm³/mol. The molecule has 0 saturated carbocycles. The van der Waals surface area contributed by atoms with Crippen molar-refractivity contribution in [3.05, 3.63) is 59.5 Å². The first-order valence-electron chi connectivity index (χ1n) is 6.64. The predicted octanol–water partition coefficient (Wildman–Crippen LogP) is 3.52. The highest BCUT2D eigenvalue weighted by Crippen LogP contribution is 2.07. The molecular weight excluding hydrogens is 236 g/mol. The normalized spacial score (nSPS) is 11.5. The van der Waals surface area contributed by atoms with E-state index in [-0.39, 0.29) is 0 Å². The van der Waals surface area contributed by atoms with E-state index in [0.717, 1.165) is 31.1 Å². The third-order valence-corrected chi connectivity index (χ3v) is 2.98. The molecule has 0 fully saturated rings. The summed E-state index contributed by atoms with van der Waals surface area (Å²) in [4.78, 5) is 2.30. The van der Waals surface area contributed by atoms with Crippen LogP contribution in [0.25, 0.3) is 6.08 Å². The maximum absolute atomic E-state index is 5.25. The van der Waals surface area contributed by atoms with E-state index >= 15 is 0 Å². The average molecular weight is 256 g/mol. The van der Waals surface area contributed by atoms with Crippen molar-refractivity contribution in [2.24, 2.45) is 0 Å². The second kappa shape index (κ2) is 6.90. The van der Waals surface area contributed by atoms with E-state index in [1.807, 2.05) is 19.1 Å². The van der Waals surface area contributed by atoms with Crippen LogP contribution in [-0.2, 0) is 6.54 Å². The molecule has 0 aliphatic heterocycles. The van der Waals surface area contributed by atoms with Crippen LogP contribution in [0, 0.1) is 6.92 Å². The maximum atomic E-state index is 5.25. The highest BCUT2D eigenvalue weighted by molar-refractivity contribution is 5.48. The van der Waals surface area contributed by atoms with Crippen LogP contribution in [0.3, 0.4) is 0 Å². The summed E-state index contributed by atoms with van der Waals surface area (Å²) in [6, 6.07) is 12.3. The van der Waals surface area contributed by atoms with E-state index < -0.39 is 0 Å². The monoisotopic (exact) mass is 256 g/mol. The van der Waals surface area contributed by atoms with Crippen LogP contribution in [0.15, 0.2) is 47.0 Å². The van der Waals surface area contributed by atoms with Gasteiger partial charge in [-0.1, -0.05) is 54.6 Å². The van der Waals surface area contributed by atoms with Crippen LogP contribution < -0.4 is 0 Å². The van der Waals surface area contributed by atoms with E-state index in [2.05, 4.69) is 53.4 Å². The lowest BCUT2D eigenvalue weighted by Gasteiger charge is -2.16. The van der Waals surface area contributed by atoms with Crippen molar-refractivity contribution < 1.29 is 4.52 Å². The van der Waals surface area contributed by atoms with Crippen LogP contribution in [0.2, 0.25) is 0 Å². The third-order valence-electron chi connectivity index (χ3n) is 2.98. The lowest BCUT2D eigenvalue weighted by atomic mass is 10.2. The Morgan fingerprint density at radius 2 is 2.05 bits per heavy atom. The molecule has 100 valence electrons. The highest BCUT2D eigenvalue weighted by Gasteiger charge is 2.06. The first-order chi connectivity index (χ1) is 9.28. The van der Waals surface area contributed by atoms with Gasteiger partial charge < -0.3 is 4.52 Å². The molecular formula is C16H20N2O. The van der Waals surface area contributed by atoms with E-state index in [9.17, 15) is 0 Å².